The molecular formula is C15H17N5OS. The Morgan fingerprint density at radius 2 is 2.09 bits per heavy atom. The van der Waals surface area contributed by atoms with Gasteiger partial charge in [-0.2, -0.15) is 15.4 Å². The number of benzene rings is 1. The Morgan fingerprint density at radius 3 is 2.82 bits per heavy atom. The van der Waals surface area contributed by atoms with Crippen molar-refractivity contribution in [2.45, 2.75) is 26.3 Å². The van der Waals surface area contributed by atoms with Crippen LogP contribution in [0.3, 0.4) is 0 Å². The van der Waals surface area contributed by atoms with Crippen LogP contribution in [0.15, 0.2) is 23.6 Å². The van der Waals surface area contributed by atoms with Crippen LogP contribution in [0, 0.1) is 0 Å². The Labute approximate surface area is 132 Å². The number of amides is 1. The van der Waals surface area contributed by atoms with Gasteiger partial charge in [0.05, 0.1) is 17.2 Å². The predicted octanol–water partition coefficient (Wildman–Crippen LogP) is 2.81. The van der Waals surface area contributed by atoms with E-state index in [1.165, 1.54) is 0 Å². The first-order valence-electron chi connectivity index (χ1n) is 7.05. The van der Waals surface area contributed by atoms with E-state index in [1.54, 1.807) is 41.5 Å². The number of nitrogens with one attached hydrogen (secondary N) is 1. The van der Waals surface area contributed by atoms with Crippen LogP contribution in [0.1, 0.15) is 40.8 Å². The van der Waals surface area contributed by atoms with Crippen LogP contribution in [0.2, 0.25) is 0 Å². The summed E-state index contributed by atoms with van der Waals surface area (Å²) < 4.78 is 0. The molecule has 2 heterocycles. The van der Waals surface area contributed by atoms with Gasteiger partial charge in [0.2, 0.25) is 0 Å². The number of hydrogen-bond donors (Lipinski definition) is 1. The first kappa shape index (κ1) is 14.6. The maximum atomic E-state index is 12.5. The van der Waals surface area contributed by atoms with E-state index in [-0.39, 0.29) is 5.91 Å². The highest BCUT2D eigenvalue weighted by Gasteiger charge is 2.15. The highest BCUT2D eigenvalue weighted by molar-refractivity contribution is 7.09. The minimum atomic E-state index is -0.0519. The number of H-pyrrole nitrogens is 1. The number of fused-ring (bicyclic) bond motifs is 1. The molecule has 0 spiro atoms. The summed E-state index contributed by atoms with van der Waals surface area (Å²) in [6.45, 7) is 4.73. The van der Waals surface area contributed by atoms with Crippen LogP contribution < -0.4 is 0 Å². The van der Waals surface area contributed by atoms with Gasteiger partial charge in [-0.3, -0.25) is 4.79 Å². The molecule has 1 N–H and O–H groups in total. The lowest BCUT2D eigenvalue weighted by Crippen LogP contribution is -2.26. The third-order valence-electron chi connectivity index (χ3n) is 3.37. The van der Waals surface area contributed by atoms with Gasteiger partial charge >= 0.3 is 0 Å². The molecule has 3 rings (SSSR count). The van der Waals surface area contributed by atoms with Crippen molar-refractivity contribution in [1.29, 1.82) is 0 Å². The first-order valence-corrected chi connectivity index (χ1v) is 7.93. The van der Waals surface area contributed by atoms with E-state index >= 15 is 0 Å². The second-order valence-corrected chi connectivity index (χ2v) is 6.41. The monoisotopic (exact) mass is 315 g/mol. The van der Waals surface area contributed by atoms with Crippen molar-refractivity contribution in [2.75, 3.05) is 7.05 Å². The second kappa shape index (κ2) is 5.84. The zero-order chi connectivity index (χ0) is 15.7. The Balaban J connectivity index is 1.75. The molecule has 0 unspecified atom stereocenters. The molecule has 0 atom stereocenters. The maximum Gasteiger partial charge on any atom is 0.254 e. The summed E-state index contributed by atoms with van der Waals surface area (Å²) in [7, 11) is 1.78. The van der Waals surface area contributed by atoms with Gasteiger partial charge in [-0.15, -0.1) is 11.3 Å². The van der Waals surface area contributed by atoms with Crippen LogP contribution in [0.5, 0.6) is 0 Å². The molecule has 0 bridgehead atoms. The molecule has 0 aliphatic carbocycles. The van der Waals surface area contributed by atoms with Crippen LogP contribution in [-0.4, -0.2) is 38.2 Å². The molecule has 0 saturated carbocycles. The van der Waals surface area contributed by atoms with Gasteiger partial charge in [-0.1, -0.05) is 13.8 Å². The van der Waals surface area contributed by atoms with Gasteiger partial charge in [0.25, 0.3) is 5.91 Å². The van der Waals surface area contributed by atoms with Crippen LogP contribution >= 0.6 is 11.3 Å². The fourth-order valence-corrected chi connectivity index (χ4v) is 3.00. The number of nitrogens with zero attached hydrogens (tertiary/aromatic N) is 4. The Kier molecular flexibility index (Phi) is 3.89. The quantitative estimate of drug-likeness (QED) is 0.803. The number of rotatable bonds is 4. The van der Waals surface area contributed by atoms with E-state index in [2.05, 4.69) is 34.2 Å². The number of aromatic amines is 1. The molecule has 7 heteroatoms. The van der Waals surface area contributed by atoms with Gasteiger partial charge in [0.1, 0.15) is 11.0 Å². The van der Waals surface area contributed by atoms with Crippen molar-refractivity contribution in [2.24, 2.45) is 0 Å². The molecule has 0 fully saturated rings. The summed E-state index contributed by atoms with van der Waals surface area (Å²) in [6, 6.07) is 5.31. The molecule has 22 heavy (non-hydrogen) atoms. The molecule has 2 aromatic heterocycles. The molecule has 6 nitrogen and oxygen atoms in total. The van der Waals surface area contributed by atoms with Gasteiger partial charge < -0.3 is 4.90 Å². The smallest absolute Gasteiger partial charge is 0.254 e. The van der Waals surface area contributed by atoms with Crippen molar-refractivity contribution in [3.05, 3.63) is 39.8 Å². The topological polar surface area (TPSA) is 74.8 Å². The lowest BCUT2D eigenvalue weighted by Gasteiger charge is -2.15. The minimum absolute atomic E-state index is 0.0519. The summed E-state index contributed by atoms with van der Waals surface area (Å²) >= 11 is 1.64. The summed E-state index contributed by atoms with van der Waals surface area (Å²) in [5, 5.41) is 13.7. The third kappa shape index (κ3) is 2.85. The Bertz CT molecular complexity index is 807. The van der Waals surface area contributed by atoms with E-state index in [9.17, 15) is 4.79 Å². The zero-order valence-corrected chi connectivity index (χ0v) is 13.5. The van der Waals surface area contributed by atoms with Crippen LogP contribution in [-0.2, 0) is 6.54 Å². The second-order valence-electron chi connectivity index (χ2n) is 5.52. The average Bonchev–Trinajstić information content (AvgIpc) is 3.14. The largest absolute Gasteiger partial charge is 0.336 e. The van der Waals surface area contributed by atoms with Crippen molar-refractivity contribution in [3.63, 3.8) is 0 Å². The van der Waals surface area contributed by atoms with Gasteiger partial charge in [-0.25, -0.2) is 4.98 Å². The Morgan fingerprint density at radius 1 is 1.32 bits per heavy atom. The minimum Gasteiger partial charge on any atom is -0.336 e. The van der Waals surface area contributed by atoms with Crippen LogP contribution in [0.4, 0.5) is 0 Å². The number of carbonyl (C=O) groups excluding carboxylic acids is 1. The summed E-state index contributed by atoms with van der Waals surface area (Å²) in [6.07, 6.45) is 0. The van der Waals surface area contributed by atoms with Crippen molar-refractivity contribution < 1.29 is 4.79 Å². The molecular weight excluding hydrogens is 298 g/mol. The molecule has 114 valence electrons. The molecule has 3 aromatic rings. The highest BCUT2D eigenvalue weighted by Crippen LogP contribution is 2.20. The Hall–Kier alpha value is -2.28. The van der Waals surface area contributed by atoms with E-state index in [0.29, 0.717) is 23.5 Å². The number of aromatic nitrogens is 4. The fraction of sp³-hybridized carbons (Fsp3) is 0.333. The SMILES string of the molecule is CC(C)c1nc(CN(C)C(=O)c2ccc3n[nH]nc3c2)cs1. The lowest BCUT2D eigenvalue weighted by atomic mass is 10.1. The lowest BCUT2D eigenvalue weighted by molar-refractivity contribution is 0.0783. The normalized spacial score (nSPS) is 11.3. The molecule has 1 amide bonds. The van der Waals surface area contributed by atoms with E-state index in [0.717, 1.165) is 16.2 Å². The number of hydrogen-bond acceptors (Lipinski definition) is 5. The number of thiazole rings is 1. The fourth-order valence-electron chi connectivity index (χ4n) is 2.17. The van der Waals surface area contributed by atoms with Gasteiger partial charge in [-0.05, 0) is 18.2 Å². The van der Waals surface area contributed by atoms with Crippen LogP contribution in [0.25, 0.3) is 11.0 Å². The number of carbonyl (C=O) groups is 1. The van der Waals surface area contributed by atoms with E-state index in [4.69, 9.17) is 0 Å². The summed E-state index contributed by atoms with van der Waals surface area (Å²) in [5.74, 6) is 0.360. The molecule has 0 radical (unpaired) electrons. The molecule has 0 aliphatic rings. The third-order valence-corrected chi connectivity index (χ3v) is 4.57. The van der Waals surface area contributed by atoms with Gasteiger partial charge in [0.15, 0.2) is 0 Å². The molecule has 0 saturated heterocycles. The zero-order valence-electron chi connectivity index (χ0n) is 12.7. The summed E-state index contributed by atoms with van der Waals surface area (Å²) in [4.78, 5) is 18.7. The molecule has 0 aliphatic heterocycles. The summed E-state index contributed by atoms with van der Waals surface area (Å²) in [5.41, 5.74) is 2.96. The predicted molar refractivity (Wildman–Crippen MR) is 85.9 cm³/mol. The van der Waals surface area contributed by atoms with E-state index in [1.807, 2.05) is 5.38 Å². The first-order chi connectivity index (χ1) is 10.5. The van der Waals surface area contributed by atoms with Crippen molar-refractivity contribution in [3.8, 4) is 0 Å². The molecule has 1 aromatic carbocycles. The average molecular weight is 315 g/mol. The highest BCUT2D eigenvalue weighted by atomic mass is 32.1. The van der Waals surface area contributed by atoms with Crippen molar-refractivity contribution in [1.82, 2.24) is 25.3 Å². The van der Waals surface area contributed by atoms with Crippen molar-refractivity contribution >= 4 is 28.3 Å². The standard InChI is InChI=1S/C15H17N5OS/c1-9(2)14-16-11(8-22-14)7-20(3)15(21)10-4-5-12-13(6-10)18-19-17-12/h4-6,8-9H,7H2,1-3H3,(H,17,18,19). The maximum absolute atomic E-state index is 12.5. The van der Waals surface area contributed by atoms with E-state index < -0.39 is 0 Å². The van der Waals surface area contributed by atoms with Gasteiger partial charge in [0, 0.05) is 23.9 Å².